The van der Waals surface area contributed by atoms with Gasteiger partial charge in [-0.15, -0.1) is 11.3 Å². The highest BCUT2D eigenvalue weighted by molar-refractivity contribution is 9.11. The number of hydrogen-bond acceptors (Lipinski definition) is 4. The Morgan fingerprint density at radius 3 is 2.94 bits per heavy atom. The van der Waals surface area contributed by atoms with Crippen molar-refractivity contribution in [2.24, 2.45) is 0 Å². The monoisotopic (exact) mass is 322 g/mol. The molecule has 0 spiro atoms. The van der Waals surface area contributed by atoms with Crippen molar-refractivity contribution >= 4 is 33.3 Å². The molecule has 1 unspecified atom stereocenters. The van der Waals surface area contributed by atoms with Crippen molar-refractivity contribution < 1.29 is 14.6 Å². The number of urea groups is 1. The fourth-order valence-corrected chi connectivity index (χ4v) is 2.56. The van der Waals surface area contributed by atoms with Crippen LogP contribution < -0.4 is 10.6 Å². The minimum Gasteiger partial charge on any atom is -0.389 e. The molecule has 3 N–H and O–H groups in total. The second-order valence-corrected chi connectivity index (χ2v) is 5.93. The Morgan fingerprint density at radius 2 is 2.35 bits per heavy atom. The van der Waals surface area contributed by atoms with E-state index in [1.54, 1.807) is 11.3 Å². The lowest BCUT2D eigenvalue weighted by Gasteiger charge is -2.11. The third kappa shape index (κ3) is 6.02. The van der Waals surface area contributed by atoms with E-state index in [-0.39, 0.29) is 19.2 Å². The molecule has 1 aromatic heterocycles. The molecule has 0 aliphatic carbocycles. The summed E-state index contributed by atoms with van der Waals surface area (Å²) in [5.74, 6) is 0. The van der Waals surface area contributed by atoms with Crippen molar-refractivity contribution in [2.45, 2.75) is 12.6 Å². The Bertz CT molecular complexity index is 359. The van der Waals surface area contributed by atoms with E-state index in [2.05, 4.69) is 26.6 Å². The molecule has 5 nitrogen and oxygen atoms in total. The number of hydrogen-bond donors (Lipinski definition) is 3. The summed E-state index contributed by atoms with van der Waals surface area (Å²) in [6.07, 6.45) is -0.679. The van der Waals surface area contributed by atoms with E-state index in [1.807, 2.05) is 12.1 Å². The van der Waals surface area contributed by atoms with Crippen LogP contribution in [0, 0.1) is 0 Å². The Morgan fingerprint density at radius 1 is 1.59 bits per heavy atom. The molecule has 7 heteroatoms. The quantitative estimate of drug-likeness (QED) is 0.739. The lowest BCUT2D eigenvalue weighted by Crippen LogP contribution is -2.40. The Hall–Kier alpha value is -0.630. The van der Waals surface area contributed by atoms with Crippen molar-refractivity contribution in [2.75, 3.05) is 20.3 Å². The standard InChI is InChI=1S/C10H15BrN2O3S/c1-16-6-7(14)4-12-10(15)13-5-8-2-3-9(11)17-8/h2-3,7,14H,4-6H2,1H3,(H2,12,13,15). The first-order valence-electron chi connectivity index (χ1n) is 5.04. The van der Waals surface area contributed by atoms with Gasteiger partial charge in [-0.2, -0.15) is 0 Å². The molecule has 1 atom stereocenters. The minimum atomic E-state index is -0.679. The zero-order valence-corrected chi connectivity index (χ0v) is 11.8. The van der Waals surface area contributed by atoms with Gasteiger partial charge in [0, 0.05) is 18.5 Å². The number of amides is 2. The third-order valence-corrected chi connectivity index (χ3v) is 3.53. The van der Waals surface area contributed by atoms with Crippen LogP contribution in [0.5, 0.6) is 0 Å². The largest absolute Gasteiger partial charge is 0.389 e. The highest BCUT2D eigenvalue weighted by Crippen LogP contribution is 2.21. The summed E-state index contributed by atoms with van der Waals surface area (Å²) in [6, 6.07) is 3.57. The van der Waals surface area contributed by atoms with E-state index < -0.39 is 6.10 Å². The Balaban J connectivity index is 2.17. The smallest absolute Gasteiger partial charge is 0.315 e. The first kappa shape index (κ1) is 14.4. The summed E-state index contributed by atoms with van der Waals surface area (Å²) in [7, 11) is 1.50. The molecule has 0 aliphatic heterocycles. The molecule has 1 heterocycles. The van der Waals surface area contributed by atoms with Gasteiger partial charge < -0.3 is 20.5 Å². The molecule has 2 amide bonds. The van der Waals surface area contributed by atoms with Crippen molar-refractivity contribution in [3.63, 3.8) is 0 Å². The molecule has 96 valence electrons. The number of carbonyl (C=O) groups excluding carboxylic acids is 1. The molecule has 0 fully saturated rings. The number of methoxy groups -OCH3 is 1. The van der Waals surface area contributed by atoms with Crippen LogP contribution >= 0.6 is 27.3 Å². The van der Waals surface area contributed by atoms with E-state index in [4.69, 9.17) is 4.74 Å². The highest BCUT2D eigenvalue weighted by Gasteiger charge is 2.06. The topological polar surface area (TPSA) is 70.6 Å². The van der Waals surface area contributed by atoms with Crippen LogP contribution in [-0.4, -0.2) is 37.5 Å². The fraction of sp³-hybridized carbons (Fsp3) is 0.500. The third-order valence-electron chi connectivity index (χ3n) is 1.91. The SMILES string of the molecule is COCC(O)CNC(=O)NCc1ccc(Br)s1. The van der Waals surface area contributed by atoms with Gasteiger partial charge in [-0.25, -0.2) is 4.79 Å². The minimum absolute atomic E-state index is 0.174. The Kier molecular flexibility index (Phi) is 6.49. The molecule has 1 aromatic rings. The van der Waals surface area contributed by atoms with E-state index in [0.29, 0.717) is 6.54 Å². The maximum Gasteiger partial charge on any atom is 0.315 e. The van der Waals surface area contributed by atoms with Gasteiger partial charge in [0.25, 0.3) is 0 Å². The number of aliphatic hydroxyl groups excluding tert-OH is 1. The van der Waals surface area contributed by atoms with Gasteiger partial charge in [-0.1, -0.05) is 0 Å². The molecule has 0 saturated heterocycles. The van der Waals surface area contributed by atoms with Gasteiger partial charge in [0.15, 0.2) is 0 Å². The number of halogens is 1. The first-order chi connectivity index (χ1) is 8.11. The number of thiophene rings is 1. The number of rotatable bonds is 6. The predicted octanol–water partition coefficient (Wildman–Crippen LogP) is 1.32. The molecular weight excluding hydrogens is 308 g/mol. The van der Waals surface area contributed by atoms with Crippen LogP contribution in [-0.2, 0) is 11.3 Å². The molecule has 0 bridgehead atoms. The van der Waals surface area contributed by atoms with Gasteiger partial charge in [0.2, 0.25) is 0 Å². The second-order valence-electron chi connectivity index (χ2n) is 3.38. The number of nitrogens with one attached hydrogen (secondary N) is 2. The van der Waals surface area contributed by atoms with Crippen LogP contribution in [0.2, 0.25) is 0 Å². The van der Waals surface area contributed by atoms with Crippen molar-refractivity contribution in [1.29, 1.82) is 0 Å². The fourth-order valence-electron chi connectivity index (χ4n) is 1.14. The summed E-state index contributed by atoms with van der Waals surface area (Å²) in [5, 5.41) is 14.6. The second kappa shape index (κ2) is 7.65. The zero-order valence-electron chi connectivity index (χ0n) is 9.40. The summed E-state index contributed by atoms with van der Waals surface area (Å²) in [6.45, 7) is 0.856. The number of carbonyl (C=O) groups is 1. The zero-order chi connectivity index (χ0) is 12.7. The molecular formula is C10H15BrN2O3S. The van der Waals surface area contributed by atoms with Crippen LogP contribution in [0.4, 0.5) is 4.79 Å². The number of ether oxygens (including phenoxy) is 1. The maximum atomic E-state index is 11.4. The van der Waals surface area contributed by atoms with Crippen LogP contribution in [0.25, 0.3) is 0 Å². The Labute approximate surface area is 112 Å². The number of aliphatic hydroxyl groups is 1. The average molecular weight is 323 g/mol. The van der Waals surface area contributed by atoms with Gasteiger partial charge in [-0.05, 0) is 28.1 Å². The molecule has 0 saturated carbocycles. The van der Waals surface area contributed by atoms with E-state index in [0.717, 1.165) is 8.66 Å². The predicted molar refractivity (Wildman–Crippen MR) is 70.1 cm³/mol. The van der Waals surface area contributed by atoms with Gasteiger partial charge >= 0.3 is 6.03 Å². The van der Waals surface area contributed by atoms with E-state index in [1.165, 1.54) is 7.11 Å². The maximum absolute atomic E-state index is 11.4. The molecule has 0 aromatic carbocycles. The molecule has 0 radical (unpaired) electrons. The first-order valence-corrected chi connectivity index (χ1v) is 6.65. The van der Waals surface area contributed by atoms with Gasteiger partial charge in [0.1, 0.15) is 0 Å². The summed E-state index contributed by atoms with van der Waals surface area (Å²) in [5.41, 5.74) is 0. The summed E-state index contributed by atoms with van der Waals surface area (Å²) >= 11 is 4.92. The van der Waals surface area contributed by atoms with Crippen LogP contribution in [0.3, 0.4) is 0 Å². The molecule has 17 heavy (non-hydrogen) atoms. The van der Waals surface area contributed by atoms with Crippen molar-refractivity contribution in [1.82, 2.24) is 10.6 Å². The summed E-state index contributed by atoms with van der Waals surface area (Å²) in [4.78, 5) is 12.4. The lowest BCUT2D eigenvalue weighted by molar-refractivity contribution is 0.0660. The molecule has 0 aliphatic rings. The average Bonchev–Trinajstić information content (AvgIpc) is 2.70. The van der Waals surface area contributed by atoms with Crippen molar-refractivity contribution in [3.05, 3.63) is 20.8 Å². The van der Waals surface area contributed by atoms with Crippen LogP contribution in [0.1, 0.15) is 4.88 Å². The van der Waals surface area contributed by atoms with Crippen molar-refractivity contribution in [3.8, 4) is 0 Å². The summed E-state index contributed by atoms with van der Waals surface area (Å²) < 4.78 is 5.78. The van der Waals surface area contributed by atoms with Gasteiger partial charge in [-0.3, -0.25) is 0 Å². The van der Waals surface area contributed by atoms with E-state index >= 15 is 0 Å². The normalized spacial score (nSPS) is 12.2. The molecule has 1 rings (SSSR count). The van der Waals surface area contributed by atoms with Gasteiger partial charge in [0.05, 0.1) is 23.0 Å². The lowest BCUT2D eigenvalue weighted by atomic mass is 10.4. The van der Waals surface area contributed by atoms with Crippen LogP contribution in [0.15, 0.2) is 15.9 Å². The highest BCUT2D eigenvalue weighted by atomic mass is 79.9. The van der Waals surface area contributed by atoms with E-state index in [9.17, 15) is 9.90 Å².